The summed E-state index contributed by atoms with van der Waals surface area (Å²) in [6, 6.07) is 0.295. The Morgan fingerprint density at radius 2 is 2.00 bits per heavy atom. The van der Waals surface area contributed by atoms with Crippen LogP contribution in [0.15, 0.2) is 0 Å². The van der Waals surface area contributed by atoms with Crippen LogP contribution in [0.3, 0.4) is 0 Å². The number of hydrogen-bond donors (Lipinski definition) is 1. The van der Waals surface area contributed by atoms with Crippen LogP contribution in [0.2, 0.25) is 0 Å². The Morgan fingerprint density at radius 1 is 1.38 bits per heavy atom. The lowest BCUT2D eigenvalue weighted by Gasteiger charge is -2.20. The molecule has 0 aromatic heterocycles. The highest BCUT2D eigenvalue weighted by molar-refractivity contribution is 4.63. The summed E-state index contributed by atoms with van der Waals surface area (Å²) < 4.78 is 5.45. The quantitative estimate of drug-likeness (QED) is 0.650. The first kappa shape index (κ1) is 12.9. The van der Waals surface area contributed by atoms with E-state index in [4.69, 9.17) is 10.5 Å². The van der Waals surface area contributed by atoms with Crippen LogP contribution in [0, 0.1) is 0 Å². The van der Waals surface area contributed by atoms with Gasteiger partial charge >= 0.3 is 0 Å². The maximum absolute atomic E-state index is 5.82. The standard InChI is InChI=1S/C10H24N2O/c1-5-10(11)8-12(4)6-7-13-9(2)3/h9-10H,5-8,11H2,1-4H3. The van der Waals surface area contributed by atoms with Gasteiger partial charge in [0.1, 0.15) is 0 Å². The van der Waals surface area contributed by atoms with E-state index in [1.807, 2.05) is 0 Å². The van der Waals surface area contributed by atoms with Crippen molar-refractivity contribution in [3.8, 4) is 0 Å². The zero-order valence-corrected chi connectivity index (χ0v) is 9.42. The Balaban J connectivity index is 3.34. The molecule has 1 atom stereocenters. The minimum absolute atomic E-state index is 0.295. The molecule has 2 N–H and O–H groups in total. The number of nitrogens with zero attached hydrogens (tertiary/aromatic N) is 1. The van der Waals surface area contributed by atoms with Gasteiger partial charge in [0.2, 0.25) is 0 Å². The third-order valence-corrected chi connectivity index (χ3v) is 1.99. The number of rotatable bonds is 7. The van der Waals surface area contributed by atoms with Gasteiger partial charge in [0.25, 0.3) is 0 Å². The Hall–Kier alpha value is -0.120. The Morgan fingerprint density at radius 3 is 2.46 bits per heavy atom. The van der Waals surface area contributed by atoms with Crippen LogP contribution in [0.5, 0.6) is 0 Å². The number of likely N-dealkylation sites (N-methyl/N-ethyl adjacent to an activating group) is 1. The average Bonchev–Trinajstić information content (AvgIpc) is 2.03. The second kappa shape index (κ2) is 7.30. The fourth-order valence-electron chi connectivity index (χ4n) is 1.06. The van der Waals surface area contributed by atoms with Gasteiger partial charge in [-0.15, -0.1) is 0 Å². The molecule has 0 bridgehead atoms. The summed E-state index contributed by atoms with van der Waals surface area (Å²) in [5.74, 6) is 0. The molecule has 0 saturated carbocycles. The summed E-state index contributed by atoms with van der Waals surface area (Å²) in [7, 11) is 2.08. The van der Waals surface area contributed by atoms with Gasteiger partial charge in [-0.3, -0.25) is 0 Å². The van der Waals surface area contributed by atoms with Crippen LogP contribution in [-0.2, 0) is 4.74 Å². The van der Waals surface area contributed by atoms with Crippen LogP contribution in [0.25, 0.3) is 0 Å². The molecule has 80 valence electrons. The fraction of sp³-hybridized carbons (Fsp3) is 1.00. The van der Waals surface area contributed by atoms with Crippen LogP contribution < -0.4 is 5.73 Å². The van der Waals surface area contributed by atoms with E-state index in [0.717, 1.165) is 26.1 Å². The molecule has 0 heterocycles. The summed E-state index contributed by atoms with van der Waals surface area (Å²) in [6.45, 7) is 8.94. The van der Waals surface area contributed by atoms with Gasteiger partial charge in [-0.1, -0.05) is 6.92 Å². The highest BCUT2D eigenvalue weighted by Crippen LogP contribution is 1.92. The molecule has 0 aromatic rings. The topological polar surface area (TPSA) is 38.5 Å². The second-order valence-corrected chi connectivity index (χ2v) is 3.85. The molecule has 0 spiro atoms. The molecular formula is C10H24N2O. The van der Waals surface area contributed by atoms with Crippen LogP contribution in [0.4, 0.5) is 0 Å². The van der Waals surface area contributed by atoms with Gasteiger partial charge in [0.05, 0.1) is 12.7 Å². The summed E-state index contributed by atoms with van der Waals surface area (Å²) in [5, 5.41) is 0. The lowest BCUT2D eigenvalue weighted by molar-refractivity contribution is 0.0629. The Bertz CT molecular complexity index is 117. The summed E-state index contributed by atoms with van der Waals surface area (Å²) in [6.07, 6.45) is 1.36. The Labute approximate surface area is 82.2 Å². The third kappa shape index (κ3) is 8.22. The third-order valence-electron chi connectivity index (χ3n) is 1.99. The minimum Gasteiger partial charge on any atom is -0.377 e. The highest BCUT2D eigenvalue weighted by Gasteiger charge is 2.04. The lowest BCUT2D eigenvalue weighted by atomic mass is 10.2. The smallest absolute Gasteiger partial charge is 0.0596 e. The molecule has 0 aliphatic carbocycles. The molecular weight excluding hydrogens is 164 g/mol. The molecule has 3 heteroatoms. The molecule has 0 aromatic carbocycles. The van der Waals surface area contributed by atoms with Crippen molar-refractivity contribution < 1.29 is 4.74 Å². The number of ether oxygens (including phenoxy) is 1. The highest BCUT2D eigenvalue weighted by atomic mass is 16.5. The van der Waals surface area contributed by atoms with Gasteiger partial charge in [0, 0.05) is 19.1 Å². The first-order valence-corrected chi connectivity index (χ1v) is 5.12. The summed E-state index contributed by atoms with van der Waals surface area (Å²) >= 11 is 0. The summed E-state index contributed by atoms with van der Waals surface area (Å²) in [5.41, 5.74) is 5.82. The van der Waals surface area contributed by atoms with E-state index < -0.39 is 0 Å². The van der Waals surface area contributed by atoms with Crippen molar-refractivity contribution in [1.82, 2.24) is 4.90 Å². The zero-order valence-electron chi connectivity index (χ0n) is 9.42. The van der Waals surface area contributed by atoms with Gasteiger partial charge in [-0.05, 0) is 27.3 Å². The molecule has 13 heavy (non-hydrogen) atoms. The van der Waals surface area contributed by atoms with Crippen molar-refractivity contribution in [2.75, 3.05) is 26.7 Å². The molecule has 0 rings (SSSR count). The number of hydrogen-bond acceptors (Lipinski definition) is 3. The van der Waals surface area contributed by atoms with E-state index in [-0.39, 0.29) is 0 Å². The molecule has 1 unspecified atom stereocenters. The van der Waals surface area contributed by atoms with E-state index in [2.05, 4.69) is 32.7 Å². The zero-order chi connectivity index (χ0) is 10.3. The maximum Gasteiger partial charge on any atom is 0.0596 e. The van der Waals surface area contributed by atoms with Crippen molar-refractivity contribution >= 4 is 0 Å². The van der Waals surface area contributed by atoms with E-state index in [0.29, 0.717) is 12.1 Å². The number of nitrogens with two attached hydrogens (primary N) is 1. The molecule has 0 amide bonds. The maximum atomic E-state index is 5.82. The monoisotopic (exact) mass is 188 g/mol. The minimum atomic E-state index is 0.295. The molecule has 0 aliphatic rings. The van der Waals surface area contributed by atoms with Crippen molar-refractivity contribution in [1.29, 1.82) is 0 Å². The SMILES string of the molecule is CCC(N)CN(C)CCOC(C)C. The predicted octanol–water partition coefficient (Wildman–Crippen LogP) is 1.08. The predicted molar refractivity (Wildman–Crippen MR) is 56.9 cm³/mol. The molecule has 0 fully saturated rings. The van der Waals surface area contributed by atoms with E-state index in [1.54, 1.807) is 0 Å². The first-order valence-electron chi connectivity index (χ1n) is 5.12. The first-order chi connectivity index (χ1) is 6.06. The largest absolute Gasteiger partial charge is 0.377 e. The second-order valence-electron chi connectivity index (χ2n) is 3.85. The van der Waals surface area contributed by atoms with Gasteiger partial charge in [-0.25, -0.2) is 0 Å². The van der Waals surface area contributed by atoms with E-state index in [9.17, 15) is 0 Å². The average molecular weight is 188 g/mol. The fourth-order valence-corrected chi connectivity index (χ4v) is 1.06. The lowest BCUT2D eigenvalue weighted by Crippen LogP contribution is -2.36. The van der Waals surface area contributed by atoms with Crippen molar-refractivity contribution in [3.63, 3.8) is 0 Å². The van der Waals surface area contributed by atoms with Crippen LogP contribution >= 0.6 is 0 Å². The molecule has 3 nitrogen and oxygen atoms in total. The van der Waals surface area contributed by atoms with Gasteiger partial charge in [0.15, 0.2) is 0 Å². The van der Waals surface area contributed by atoms with Crippen molar-refractivity contribution in [2.45, 2.75) is 39.3 Å². The van der Waals surface area contributed by atoms with Crippen LogP contribution in [-0.4, -0.2) is 43.8 Å². The normalized spacial score (nSPS) is 14.1. The molecule has 0 aliphatic heterocycles. The van der Waals surface area contributed by atoms with Gasteiger partial charge < -0.3 is 15.4 Å². The Kier molecular flexibility index (Phi) is 7.23. The van der Waals surface area contributed by atoms with Crippen molar-refractivity contribution in [2.24, 2.45) is 5.73 Å². The van der Waals surface area contributed by atoms with Crippen molar-refractivity contribution in [3.05, 3.63) is 0 Å². The molecule has 0 saturated heterocycles. The van der Waals surface area contributed by atoms with E-state index >= 15 is 0 Å². The van der Waals surface area contributed by atoms with Gasteiger partial charge in [-0.2, -0.15) is 0 Å². The van der Waals surface area contributed by atoms with E-state index in [1.165, 1.54) is 0 Å². The van der Waals surface area contributed by atoms with Crippen LogP contribution in [0.1, 0.15) is 27.2 Å². The molecule has 0 radical (unpaired) electrons. The summed E-state index contributed by atoms with van der Waals surface area (Å²) in [4.78, 5) is 2.22.